The highest BCUT2D eigenvalue weighted by Gasteiger charge is 2.36. The molecule has 1 unspecified atom stereocenters. The molecule has 1 aliphatic rings. The summed E-state index contributed by atoms with van der Waals surface area (Å²) in [6.07, 6.45) is -10.2. The average Bonchev–Trinajstić information content (AvgIpc) is 2.70. The third kappa shape index (κ3) is 7.28. The summed E-state index contributed by atoms with van der Waals surface area (Å²) < 4.78 is 88.7. The molecule has 1 aliphatic heterocycles. The van der Waals surface area contributed by atoms with E-state index in [0.29, 0.717) is 17.6 Å². The van der Waals surface area contributed by atoms with Crippen LogP contribution in [0.3, 0.4) is 0 Å². The van der Waals surface area contributed by atoms with E-state index in [9.17, 15) is 31.4 Å². The Morgan fingerprint density at radius 3 is 1.73 bits per heavy atom. The van der Waals surface area contributed by atoms with Gasteiger partial charge in [0.25, 0.3) is 0 Å². The third-order valence-electron chi connectivity index (χ3n) is 5.21. The maximum atomic E-state index is 12.5. The first-order chi connectivity index (χ1) is 15.4. The number of aliphatic hydroxyl groups is 1. The van der Waals surface area contributed by atoms with Gasteiger partial charge in [0.2, 0.25) is 0 Å². The molecule has 0 spiro atoms. The van der Waals surface area contributed by atoms with E-state index >= 15 is 0 Å². The Bertz CT molecular complexity index is 832. The maximum Gasteiger partial charge on any atom is 0.573 e. The summed E-state index contributed by atoms with van der Waals surface area (Å²) in [5.41, 5.74) is 1.10. The van der Waals surface area contributed by atoms with Crippen molar-refractivity contribution < 1.29 is 45.7 Å². The standard InChI is InChI=1S/C21H22BF6NO4/c22-11-29-16-10-31-18(9-17(16)30)19(12-1-5-14(6-2-12)32-20(23,24)25)13-3-7-15(8-4-13)33-21(26,27)28/h1-8,16-19,29-30H,9-11,22H2/t16-,17?,18+/m1/s1. The monoisotopic (exact) mass is 477 g/mol. The van der Waals surface area contributed by atoms with Crippen LogP contribution in [0.15, 0.2) is 48.5 Å². The van der Waals surface area contributed by atoms with Gasteiger partial charge in [0.05, 0.1) is 24.9 Å². The van der Waals surface area contributed by atoms with E-state index < -0.39 is 42.3 Å². The number of alkyl halides is 6. The molecule has 0 amide bonds. The zero-order valence-electron chi connectivity index (χ0n) is 17.5. The Kier molecular flexibility index (Phi) is 7.81. The number of hydrogen-bond acceptors (Lipinski definition) is 5. The van der Waals surface area contributed by atoms with Gasteiger partial charge in [0.15, 0.2) is 0 Å². The lowest BCUT2D eigenvalue weighted by Crippen LogP contribution is -2.51. The van der Waals surface area contributed by atoms with Crippen LogP contribution >= 0.6 is 0 Å². The molecular weight excluding hydrogens is 455 g/mol. The highest BCUT2D eigenvalue weighted by atomic mass is 19.4. The minimum Gasteiger partial charge on any atom is -0.406 e. The number of hydrogen-bond donors (Lipinski definition) is 2. The Morgan fingerprint density at radius 1 is 0.909 bits per heavy atom. The minimum atomic E-state index is -4.84. The van der Waals surface area contributed by atoms with E-state index in [-0.39, 0.29) is 19.1 Å². The van der Waals surface area contributed by atoms with Crippen LogP contribution in [0.5, 0.6) is 11.5 Å². The van der Waals surface area contributed by atoms with Crippen LogP contribution in [0.1, 0.15) is 23.5 Å². The molecule has 5 nitrogen and oxygen atoms in total. The zero-order valence-corrected chi connectivity index (χ0v) is 17.5. The highest BCUT2D eigenvalue weighted by molar-refractivity contribution is 6.08. The first kappa shape index (κ1) is 25.2. The zero-order chi connectivity index (χ0) is 24.2. The van der Waals surface area contributed by atoms with Crippen molar-refractivity contribution in [1.82, 2.24) is 5.32 Å². The van der Waals surface area contributed by atoms with Gasteiger partial charge in [-0.3, -0.25) is 0 Å². The van der Waals surface area contributed by atoms with E-state index in [0.717, 1.165) is 24.3 Å². The van der Waals surface area contributed by atoms with Crippen LogP contribution in [-0.2, 0) is 4.74 Å². The Morgan fingerprint density at radius 2 is 1.36 bits per heavy atom. The molecule has 0 saturated carbocycles. The van der Waals surface area contributed by atoms with Gasteiger partial charge in [-0.05, 0) is 41.8 Å². The first-order valence-corrected chi connectivity index (χ1v) is 10.2. The summed E-state index contributed by atoms with van der Waals surface area (Å²) in [6.45, 7) is 0.195. The molecule has 0 aromatic heterocycles. The van der Waals surface area contributed by atoms with Crippen molar-refractivity contribution in [3.05, 3.63) is 59.7 Å². The molecule has 12 heteroatoms. The molecule has 0 aliphatic carbocycles. The lowest BCUT2D eigenvalue weighted by Gasteiger charge is -2.38. The second-order valence-electron chi connectivity index (χ2n) is 7.55. The average molecular weight is 477 g/mol. The number of nitrogens with one attached hydrogen (secondary N) is 1. The summed E-state index contributed by atoms with van der Waals surface area (Å²) in [6, 6.07) is 10.0. The van der Waals surface area contributed by atoms with Crippen molar-refractivity contribution in [2.24, 2.45) is 0 Å². The second kappa shape index (κ2) is 10.2. The van der Waals surface area contributed by atoms with Crippen molar-refractivity contribution in [2.75, 3.05) is 13.1 Å². The van der Waals surface area contributed by atoms with Crippen LogP contribution in [0, 0.1) is 0 Å². The SMILES string of the molecule is BCN[C@@H]1CO[C@H](C(c2ccc(OC(F)(F)F)cc2)c2ccc(OC(F)(F)F)cc2)CC1O. The van der Waals surface area contributed by atoms with Gasteiger partial charge in [-0.2, -0.15) is 0 Å². The lowest BCUT2D eigenvalue weighted by atomic mass is 9.82. The molecule has 0 radical (unpaired) electrons. The molecule has 1 saturated heterocycles. The number of aliphatic hydroxyl groups excluding tert-OH is 1. The van der Waals surface area contributed by atoms with Crippen LogP contribution in [0.2, 0.25) is 0 Å². The van der Waals surface area contributed by atoms with Crippen LogP contribution < -0.4 is 14.8 Å². The minimum absolute atomic E-state index is 0.195. The van der Waals surface area contributed by atoms with Crippen molar-refractivity contribution in [3.63, 3.8) is 0 Å². The molecule has 180 valence electrons. The van der Waals surface area contributed by atoms with Crippen molar-refractivity contribution in [1.29, 1.82) is 0 Å². The van der Waals surface area contributed by atoms with E-state index in [4.69, 9.17) is 4.74 Å². The highest BCUT2D eigenvalue weighted by Crippen LogP contribution is 2.37. The van der Waals surface area contributed by atoms with Crippen molar-refractivity contribution in [2.45, 2.75) is 43.3 Å². The maximum absolute atomic E-state index is 12.5. The fraction of sp³-hybridized carbons (Fsp3) is 0.429. The summed E-state index contributed by atoms with van der Waals surface area (Å²) in [4.78, 5) is 0. The van der Waals surface area contributed by atoms with E-state index in [1.165, 1.54) is 24.3 Å². The van der Waals surface area contributed by atoms with E-state index in [1.807, 2.05) is 7.85 Å². The predicted molar refractivity (Wildman–Crippen MR) is 109 cm³/mol. The van der Waals surface area contributed by atoms with E-state index in [2.05, 4.69) is 14.8 Å². The molecule has 0 bridgehead atoms. The smallest absolute Gasteiger partial charge is 0.406 e. The van der Waals surface area contributed by atoms with E-state index in [1.54, 1.807) is 0 Å². The fourth-order valence-electron chi connectivity index (χ4n) is 3.87. The van der Waals surface area contributed by atoms with Crippen LogP contribution in [0.4, 0.5) is 26.3 Å². The summed E-state index contributed by atoms with van der Waals surface area (Å²) in [7, 11) is 1.89. The Hall–Kier alpha value is -2.44. The fourth-order valence-corrected chi connectivity index (χ4v) is 3.87. The molecule has 1 heterocycles. The van der Waals surface area contributed by atoms with Gasteiger partial charge in [0.1, 0.15) is 19.3 Å². The summed E-state index contributed by atoms with van der Waals surface area (Å²) >= 11 is 0. The largest absolute Gasteiger partial charge is 0.573 e. The van der Waals surface area contributed by atoms with Crippen molar-refractivity contribution in [3.8, 4) is 11.5 Å². The molecule has 2 aromatic carbocycles. The molecule has 2 N–H and O–H groups in total. The Labute approximate surface area is 187 Å². The number of ether oxygens (including phenoxy) is 3. The summed E-state index contributed by atoms with van der Waals surface area (Å²) in [5.74, 6) is -1.38. The number of halogens is 6. The molecule has 2 aromatic rings. The molecule has 3 rings (SSSR count). The van der Waals surface area contributed by atoms with Gasteiger partial charge in [-0.1, -0.05) is 24.3 Å². The lowest BCUT2D eigenvalue weighted by molar-refractivity contribution is -0.275. The van der Waals surface area contributed by atoms with Gasteiger partial charge >= 0.3 is 12.7 Å². The molecule has 33 heavy (non-hydrogen) atoms. The molecule has 1 fully saturated rings. The number of benzene rings is 2. The van der Waals surface area contributed by atoms with Crippen LogP contribution in [-0.4, -0.2) is 57.0 Å². The van der Waals surface area contributed by atoms with Crippen molar-refractivity contribution >= 4 is 7.85 Å². The van der Waals surface area contributed by atoms with Crippen LogP contribution in [0.25, 0.3) is 0 Å². The van der Waals surface area contributed by atoms with Gasteiger partial charge < -0.3 is 24.6 Å². The normalized spacial score (nSPS) is 21.8. The second-order valence-corrected chi connectivity index (χ2v) is 7.55. The van der Waals surface area contributed by atoms with Gasteiger partial charge in [-0.15, -0.1) is 26.3 Å². The summed E-state index contributed by atoms with van der Waals surface area (Å²) in [5, 5.41) is 13.6. The Balaban J connectivity index is 1.88. The number of rotatable bonds is 7. The predicted octanol–water partition coefficient (Wildman–Crippen LogP) is 3.31. The third-order valence-corrected chi connectivity index (χ3v) is 5.21. The van der Waals surface area contributed by atoms with Gasteiger partial charge in [-0.25, -0.2) is 0 Å². The quantitative estimate of drug-likeness (QED) is 0.474. The molecular formula is C21H22BF6NO4. The molecule has 3 atom stereocenters. The first-order valence-electron chi connectivity index (χ1n) is 10.2. The van der Waals surface area contributed by atoms with Gasteiger partial charge in [0, 0.05) is 12.3 Å². The topological polar surface area (TPSA) is 60.0 Å².